The first-order valence-electron chi connectivity index (χ1n) is 4.90. The first kappa shape index (κ1) is 10.9. The molecule has 1 saturated heterocycles. The standard InChI is InChI=1S/C11H11FO4/c12-8-1-2-10(16-6-9-5-15-9)7(3-8)4-11(13)14/h1-3,9H,4-6H2,(H,13,14). The molecule has 0 bridgehead atoms. The SMILES string of the molecule is O=C(O)Cc1cc(F)ccc1OCC1CO1. The molecule has 0 spiro atoms. The fourth-order valence-corrected chi connectivity index (χ4v) is 1.34. The van der Waals surface area contributed by atoms with Crippen molar-refractivity contribution in [3.63, 3.8) is 0 Å². The molecule has 0 amide bonds. The zero-order chi connectivity index (χ0) is 11.5. The quantitative estimate of drug-likeness (QED) is 0.767. The smallest absolute Gasteiger partial charge is 0.307 e. The molecule has 2 rings (SSSR count). The van der Waals surface area contributed by atoms with Gasteiger partial charge in [0.2, 0.25) is 0 Å². The summed E-state index contributed by atoms with van der Waals surface area (Å²) in [7, 11) is 0. The van der Waals surface area contributed by atoms with Crippen LogP contribution in [0.2, 0.25) is 0 Å². The van der Waals surface area contributed by atoms with Crippen molar-refractivity contribution in [3.8, 4) is 5.75 Å². The maximum atomic E-state index is 12.9. The minimum atomic E-state index is -1.02. The monoisotopic (exact) mass is 226 g/mol. The number of hydrogen-bond acceptors (Lipinski definition) is 3. The van der Waals surface area contributed by atoms with E-state index in [4.69, 9.17) is 14.6 Å². The predicted octanol–water partition coefficient (Wildman–Crippen LogP) is 1.23. The number of epoxide rings is 1. The normalized spacial score (nSPS) is 18.2. The molecule has 1 aliphatic rings. The fraction of sp³-hybridized carbons (Fsp3) is 0.364. The molecule has 1 N–H and O–H groups in total. The van der Waals surface area contributed by atoms with Gasteiger partial charge in [0, 0.05) is 5.56 Å². The Kier molecular flexibility index (Phi) is 3.05. The second-order valence-corrected chi connectivity index (χ2v) is 3.59. The molecule has 1 atom stereocenters. The van der Waals surface area contributed by atoms with Crippen molar-refractivity contribution in [2.75, 3.05) is 13.2 Å². The van der Waals surface area contributed by atoms with Gasteiger partial charge in [0.15, 0.2) is 0 Å². The lowest BCUT2D eigenvalue weighted by atomic mass is 10.1. The van der Waals surface area contributed by atoms with Crippen molar-refractivity contribution in [2.45, 2.75) is 12.5 Å². The van der Waals surface area contributed by atoms with Crippen LogP contribution in [0, 0.1) is 5.82 Å². The average Bonchev–Trinajstić information content (AvgIpc) is 2.99. The van der Waals surface area contributed by atoms with Crippen molar-refractivity contribution in [1.82, 2.24) is 0 Å². The summed E-state index contributed by atoms with van der Waals surface area (Å²) in [5.74, 6) is -1.08. The zero-order valence-corrected chi connectivity index (χ0v) is 8.48. The van der Waals surface area contributed by atoms with E-state index in [9.17, 15) is 9.18 Å². The van der Waals surface area contributed by atoms with E-state index >= 15 is 0 Å². The number of halogens is 1. The van der Waals surface area contributed by atoms with Gasteiger partial charge in [-0.2, -0.15) is 0 Å². The largest absolute Gasteiger partial charge is 0.490 e. The van der Waals surface area contributed by atoms with Gasteiger partial charge in [-0.3, -0.25) is 4.79 Å². The van der Waals surface area contributed by atoms with E-state index in [1.165, 1.54) is 18.2 Å². The number of carboxylic acid groups (broad SMARTS) is 1. The van der Waals surface area contributed by atoms with E-state index in [1.807, 2.05) is 0 Å². The zero-order valence-electron chi connectivity index (χ0n) is 8.48. The highest BCUT2D eigenvalue weighted by molar-refractivity contribution is 5.71. The van der Waals surface area contributed by atoms with E-state index in [2.05, 4.69) is 0 Å². The van der Waals surface area contributed by atoms with Crippen molar-refractivity contribution in [2.24, 2.45) is 0 Å². The van der Waals surface area contributed by atoms with Crippen LogP contribution in [-0.2, 0) is 16.0 Å². The number of carbonyl (C=O) groups is 1. The van der Waals surface area contributed by atoms with E-state index in [-0.39, 0.29) is 12.5 Å². The topological polar surface area (TPSA) is 59.1 Å². The summed E-state index contributed by atoms with van der Waals surface area (Å²) >= 11 is 0. The van der Waals surface area contributed by atoms with Gasteiger partial charge in [-0.15, -0.1) is 0 Å². The Hall–Kier alpha value is -1.62. The maximum Gasteiger partial charge on any atom is 0.307 e. The van der Waals surface area contributed by atoms with Crippen LogP contribution in [0.3, 0.4) is 0 Å². The lowest BCUT2D eigenvalue weighted by Crippen LogP contribution is -2.08. The number of benzene rings is 1. The number of hydrogen-bond donors (Lipinski definition) is 1. The minimum Gasteiger partial charge on any atom is -0.490 e. The van der Waals surface area contributed by atoms with Crippen molar-refractivity contribution in [1.29, 1.82) is 0 Å². The Morgan fingerprint density at radius 2 is 2.38 bits per heavy atom. The highest BCUT2D eigenvalue weighted by Gasteiger charge is 2.23. The first-order chi connectivity index (χ1) is 7.65. The van der Waals surface area contributed by atoms with Gasteiger partial charge < -0.3 is 14.6 Å². The molecule has 0 radical (unpaired) electrons. The molecular formula is C11H11FO4. The third-order valence-electron chi connectivity index (χ3n) is 2.19. The molecule has 1 aromatic rings. The molecular weight excluding hydrogens is 215 g/mol. The van der Waals surface area contributed by atoms with Crippen LogP contribution in [0.15, 0.2) is 18.2 Å². The van der Waals surface area contributed by atoms with Gasteiger partial charge >= 0.3 is 5.97 Å². The summed E-state index contributed by atoms with van der Waals surface area (Å²) < 4.78 is 23.3. The Bertz CT molecular complexity index is 401. The minimum absolute atomic E-state index is 0.0859. The summed E-state index contributed by atoms with van der Waals surface area (Å²) in [6, 6.07) is 3.86. The van der Waals surface area contributed by atoms with Crippen LogP contribution in [-0.4, -0.2) is 30.4 Å². The van der Waals surface area contributed by atoms with Gasteiger partial charge in [0.05, 0.1) is 13.0 Å². The van der Waals surface area contributed by atoms with Crippen LogP contribution in [0.4, 0.5) is 4.39 Å². The third kappa shape index (κ3) is 2.93. The second kappa shape index (κ2) is 4.49. The molecule has 1 heterocycles. The van der Waals surface area contributed by atoms with Gasteiger partial charge in [0.25, 0.3) is 0 Å². The lowest BCUT2D eigenvalue weighted by Gasteiger charge is -2.09. The Morgan fingerprint density at radius 3 is 3.00 bits per heavy atom. The van der Waals surface area contributed by atoms with E-state index in [1.54, 1.807) is 0 Å². The summed E-state index contributed by atoms with van der Waals surface area (Å²) in [4.78, 5) is 10.6. The second-order valence-electron chi connectivity index (χ2n) is 3.59. The maximum absolute atomic E-state index is 12.9. The molecule has 1 aromatic carbocycles. The molecule has 5 heteroatoms. The van der Waals surface area contributed by atoms with Crippen molar-refractivity contribution in [3.05, 3.63) is 29.6 Å². The van der Waals surface area contributed by atoms with Crippen LogP contribution >= 0.6 is 0 Å². The van der Waals surface area contributed by atoms with E-state index in [0.29, 0.717) is 24.5 Å². The van der Waals surface area contributed by atoms with Gasteiger partial charge in [0.1, 0.15) is 24.3 Å². The Labute approximate surface area is 91.6 Å². The first-order valence-corrected chi connectivity index (χ1v) is 4.90. The van der Waals surface area contributed by atoms with Crippen molar-refractivity contribution >= 4 is 5.97 Å². The van der Waals surface area contributed by atoms with Crippen LogP contribution < -0.4 is 4.74 Å². The number of ether oxygens (including phenoxy) is 2. The van der Waals surface area contributed by atoms with Crippen LogP contribution in [0.1, 0.15) is 5.56 Å². The van der Waals surface area contributed by atoms with E-state index < -0.39 is 11.8 Å². The van der Waals surface area contributed by atoms with Gasteiger partial charge in [-0.1, -0.05) is 0 Å². The average molecular weight is 226 g/mol. The Morgan fingerprint density at radius 1 is 1.62 bits per heavy atom. The molecule has 0 aromatic heterocycles. The summed E-state index contributed by atoms with van der Waals surface area (Å²) in [6.07, 6.45) is -0.166. The molecule has 1 unspecified atom stereocenters. The molecule has 1 fully saturated rings. The van der Waals surface area contributed by atoms with Crippen LogP contribution in [0.25, 0.3) is 0 Å². The molecule has 0 saturated carbocycles. The summed E-state index contributed by atoms with van der Waals surface area (Å²) in [5.41, 5.74) is 0.341. The highest BCUT2D eigenvalue weighted by Crippen LogP contribution is 2.22. The summed E-state index contributed by atoms with van der Waals surface area (Å²) in [5, 5.41) is 8.67. The predicted molar refractivity (Wildman–Crippen MR) is 53.0 cm³/mol. The van der Waals surface area contributed by atoms with E-state index in [0.717, 1.165) is 0 Å². The molecule has 4 nitrogen and oxygen atoms in total. The van der Waals surface area contributed by atoms with Gasteiger partial charge in [-0.25, -0.2) is 4.39 Å². The third-order valence-corrected chi connectivity index (χ3v) is 2.19. The Balaban J connectivity index is 2.09. The summed E-state index contributed by atoms with van der Waals surface area (Å²) in [6.45, 7) is 1.04. The number of carboxylic acids is 1. The van der Waals surface area contributed by atoms with Gasteiger partial charge in [-0.05, 0) is 18.2 Å². The number of rotatable bonds is 5. The molecule has 16 heavy (non-hydrogen) atoms. The number of aliphatic carboxylic acids is 1. The fourth-order valence-electron chi connectivity index (χ4n) is 1.34. The highest BCUT2D eigenvalue weighted by atomic mass is 19.1. The molecule has 1 aliphatic heterocycles. The van der Waals surface area contributed by atoms with Crippen LogP contribution in [0.5, 0.6) is 5.75 Å². The van der Waals surface area contributed by atoms with Crippen molar-refractivity contribution < 1.29 is 23.8 Å². The lowest BCUT2D eigenvalue weighted by molar-refractivity contribution is -0.136. The molecule has 86 valence electrons. The molecule has 0 aliphatic carbocycles.